The topological polar surface area (TPSA) is 47.6 Å². The van der Waals surface area contributed by atoms with Crippen LogP contribution in [-0.2, 0) is 16.1 Å². The first-order valence-electron chi connectivity index (χ1n) is 9.79. The van der Waals surface area contributed by atoms with Crippen LogP contribution >= 0.6 is 0 Å². The lowest BCUT2D eigenvalue weighted by molar-refractivity contribution is -0.140. The molecule has 0 heterocycles. The van der Waals surface area contributed by atoms with Gasteiger partial charge in [-0.25, -0.2) is 0 Å². The number of carbonyl (C=O) groups excluding carboxylic acids is 1. The summed E-state index contributed by atoms with van der Waals surface area (Å²) in [6, 6.07) is 17.5. The minimum Gasteiger partial charge on any atom is -0.489 e. The van der Waals surface area contributed by atoms with Crippen LogP contribution in [-0.4, -0.2) is 18.1 Å². The molecule has 2 aromatic rings. The molecule has 27 heavy (non-hydrogen) atoms. The Hall–Kier alpha value is -2.33. The standard InChI is InChI=1S/C23H31NO3/c1-4-6-16-23(3,27-17-5-2)22(25)24-20-12-14-21(15-13-20)26-18-19-10-8-7-9-11-19/h7-15H,4-6,16-18H2,1-3H3,(H,24,25)/t23-/m0/s1. The summed E-state index contributed by atoms with van der Waals surface area (Å²) in [6.07, 6.45) is 3.60. The van der Waals surface area contributed by atoms with Gasteiger partial charge in [0.25, 0.3) is 5.91 Å². The van der Waals surface area contributed by atoms with Gasteiger partial charge < -0.3 is 14.8 Å². The van der Waals surface area contributed by atoms with Gasteiger partial charge in [0.2, 0.25) is 0 Å². The van der Waals surface area contributed by atoms with Crippen molar-refractivity contribution in [3.63, 3.8) is 0 Å². The molecule has 2 aromatic carbocycles. The van der Waals surface area contributed by atoms with Gasteiger partial charge in [0, 0.05) is 12.3 Å². The van der Waals surface area contributed by atoms with Crippen molar-refractivity contribution in [3.05, 3.63) is 60.2 Å². The van der Waals surface area contributed by atoms with Crippen LogP contribution in [0.2, 0.25) is 0 Å². The Morgan fingerprint density at radius 3 is 2.33 bits per heavy atom. The molecule has 2 rings (SSSR count). The van der Waals surface area contributed by atoms with Crippen molar-refractivity contribution in [2.24, 2.45) is 0 Å². The van der Waals surface area contributed by atoms with Gasteiger partial charge >= 0.3 is 0 Å². The van der Waals surface area contributed by atoms with Crippen molar-refractivity contribution in [2.75, 3.05) is 11.9 Å². The molecule has 0 aliphatic heterocycles. The summed E-state index contributed by atoms with van der Waals surface area (Å²) in [6.45, 7) is 7.15. The third-order valence-electron chi connectivity index (χ3n) is 4.47. The predicted octanol–water partition coefficient (Wildman–Crippen LogP) is 5.58. The van der Waals surface area contributed by atoms with Gasteiger partial charge in [-0.3, -0.25) is 4.79 Å². The lowest BCUT2D eigenvalue weighted by Gasteiger charge is -2.28. The van der Waals surface area contributed by atoms with Crippen LogP contribution in [0.3, 0.4) is 0 Å². The second-order valence-corrected chi connectivity index (χ2v) is 6.94. The summed E-state index contributed by atoms with van der Waals surface area (Å²) in [5.41, 5.74) is 1.07. The largest absolute Gasteiger partial charge is 0.489 e. The minimum atomic E-state index is -0.797. The Morgan fingerprint density at radius 2 is 1.70 bits per heavy atom. The molecule has 0 radical (unpaired) electrons. The Morgan fingerprint density at radius 1 is 1.00 bits per heavy atom. The van der Waals surface area contributed by atoms with Crippen LogP contribution in [0.4, 0.5) is 5.69 Å². The van der Waals surface area contributed by atoms with Crippen molar-refractivity contribution in [1.82, 2.24) is 0 Å². The molecule has 1 amide bonds. The number of benzene rings is 2. The minimum absolute atomic E-state index is 0.0950. The summed E-state index contributed by atoms with van der Waals surface area (Å²) in [5, 5.41) is 2.98. The number of ether oxygens (including phenoxy) is 2. The average Bonchev–Trinajstić information content (AvgIpc) is 2.71. The Kier molecular flexibility index (Phi) is 8.34. The zero-order valence-electron chi connectivity index (χ0n) is 16.7. The molecule has 4 nitrogen and oxygen atoms in total. The highest BCUT2D eigenvalue weighted by atomic mass is 16.5. The molecule has 0 aromatic heterocycles. The highest BCUT2D eigenvalue weighted by Crippen LogP contribution is 2.23. The first-order valence-corrected chi connectivity index (χ1v) is 9.79. The fourth-order valence-electron chi connectivity index (χ4n) is 2.73. The fourth-order valence-corrected chi connectivity index (χ4v) is 2.73. The normalized spacial score (nSPS) is 13.0. The predicted molar refractivity (Wildman–Crippen MR) is 110 cm³/mol. The van der Waals surface area contributed by atoms with E-state index in [1.165, 1.54) is 0 Å². The van der Waals surface area contributed by atoms with E-state index in [4.69, 9.17) is 9.47 Å². The quantitative estimate of drug-likeness (QED) is 0.562. The van der Waals surface area contributed by atoms with Crippen LogP contribution in [0, 0.1) is 0 Å². The molecule has 0 bridgehead atoms. The number of hydrogen-bond donors (Lipinski definition) is 1. The van der Waals surface area contributed by atoms with E-state index in [-0.39, 0.29) is 5.91 Å². The van der Waals surface area contributed by atoms with Crippen LogP contribution in [0.15, 0.2) is 54.6 Å². The Bertz CT molecular complexity index is 675. The summed E-state index contributed by atoms with van der Waals surface area (Å²) >= 11 is 0. The summed E-state index contributed by atoms with van der Waals surface area (Å²) in [5.74, 6) is 0.676. The van der Waals surface area contributed by atoms with E-state index in [1.807, 2.05) is 68.4 Å². The smallest absolute Gasteiger partial charge is 0.256 e. The van der Waals surface area contributed by atoms with Gasteiger partial charge in [-0.05, 0) is 49.6 Å². The third-order valence-corrected chi connectivity index (χ3v) is 4.47. The first kappa shape index (κ1) is 21.0. The van der Waals surface area contributed by atoms with E-state index in [1.54, 1.807) is 0 Å². The van der Waals surface area contributed by atoms with Gasteiger partial charge in [0.05, 0.1) is 0 Å². The molecule has 1 atom stereocenters. The molecule has 1 N–H and O–H groups in total. The highest BCUT2D eigenvalue weighted by molar-refractivity contribution is 5.97. The number of hydrogen-bond acceptors (Lipinski definition) is 3. The SMILES string of the molecule is CCCC[C@](C)(OCCC)C(=O)Nc1ccc(OCc2ccccc2)cc1. The molecule has 0 saturated carbocycles. The van der Waals surface area contributed by atoms with Crippen LogP contribution in [0.1, 0.15) is 52.0 Å². The highest BCUT2D eigenvalue weighted by Gasteiger charge is 2.33. The second-order valence-electron chi connectivity index (χ2n) is 6.94. The first-order chi connectivity index (χ1) is 13.1. The third kappa shape index (κ3) is 6.72. The van der Waals surface area contributed by atoms with Crippen molar-refractivity contribution in [3.8, 4) is 5.75 Å². The van der Waals surface area contributed by atoms with Crippen molar-refractivity contribution in [2.45, 2.75) is 58.7 Å². The maximum absolute atomic E-state index is 12.8. The maximum Gasteiger partial charge on any atom is 0.256 e. The van der Waals surface area contributed by atoms with Crippen molar-refractivity contribution >= 4 is 11.6 Å². The van der Waals surface area contributed by atoms with Gasteiger partial charge in [-0.15, -0.1) is 0 Å². The Labute approximate surface area is 162 Å². The fraction of sp³-hybridized carbons (Fsp3) is 0.435. The Balaban J connectivity index is 1.94. The second kappa shape index (κ2) is 10.7. The van der Waals surface area contributed by atoms with E-state index >= 15 is 0 Å². The number of amides is 1. The van der Waals surface area contributed by atoms with Crippen molar-refractivity contribution < 1.29 is 14.3 Å². The monoisotopic (exact) mass is 369 g/mol. The number of rotatable bonds is 11. The van der Waals surface area contributed by atoms with E-state index in [0.29, 0.717) is 19.6 Å². The molecule has 146 valence electrons. The molecule has 0 aliphatic carbocycles. The van der Waals surface area contributed by atoms with E-state index in [9.17, 15) is 4.79 Å². The van der Waals surface area contributed by atoms with E-state index in [0.717, 1.165) is 36.3 Å². The van der Waals surface area contributed by atoms with Gasteiger partial charge in [-0.2, -0.15) is 0 Å². The molecule has 0 unspecified atom stereocenters. The molecular formula is C23H31NO3. The zero-order chi connectivity index (χ0) is 19.5. The summed E-state index contributed by atoms with van der Waals surface area (Å²) < 4.78 is 11.7. The van der Waals surface area contributed by atoms with Crippen LogP contribution < -0.4 is 10.1 Å². The number of nitrogens with one attached hydrogen (secondary N) is 1. The summed E-state index contributed by atoms with van der Waals surface area (Å²) in [4.78, 5) is 12.8. The van der Waals surface area contributed by atoms with E-state index in [2.05, 4.69) is 12.2 Å². The summed E-state index contributed by atoms with van der Waals surface area (Å²) in [7, 11) is 0. The number of anilines is 1. The zero-order valence-corrected chi connectivity index (χ0v) is 16.7. The number of unbranched alkanes of at least 4 members (excludes halogenated alkanes) is 1. The molecule has 0 fully saturated rings. The van der Waals surface area contributed by atoms with Gasteiger partial charge in [-0.1, -0.05) is 57.0 Å². The molecule has 4 heteroatoms. The van der Waals surface area contributed by atoms with Crippen LogP contribution in [0.5, 0.6) is 5.75 Å². The number of carbonyl (C=O) groups is 1. The van der Waals surface area contributed by atoms with E-state index < -0.39 is 5.60 Å². The molecule has 0 aliphatic rings. The lowest BCUT2D eigenvalue weighted by atomic mass is 9.97. The van der Waals surface area contributed by atoms with Gasteiger partial charge in [0.1, 0.15) is 18.0 Å². The van der Waals surface area contributed by atoms with Crippen molar-refractivity contribution in [1.29, 1.82) is 0 Å². The molecule has 0 spiro atoms. The van der Waals surface area contributed by atoms with Crippen LogP contribution in [0.25, 0.3) is 0 Å². The lowest BCUT2D eigenvalue weighted by Crippen LogP contribution is -2.43. The van der Waals surface area contributed by atoms with Gasteiger partial charge in [0.15, 0.2) is 0 Å². The molecule has 0 saturated heterocycles. The average molecular weight is 370 g/mol. The maximum atomic E-state index is 12.8. The molecular weight excluding hydrogens is 338 g/mol.